The Hall–Kier alpha value is -3.31. The van der Waals surface area contributed by atoms with E-state index in [-0.39, 0.29) is 22.2 Å². The lowest BCUT2D eigenvalue weighted by Gasteiger charge is -2.14. The zero-order valence-corrected chi connectivity index (χ0v) is 17.5. The quantitative estimate of drug-likeness (QED) is 0.532. The van der Waals surface area contributed by atoms with E-state index in [1.807, 2.05) is 36.4 Å². The molecule has 30 heavy (non-hydrogen) atoms. The number of hydrogen-bond acceptors (Lipinski definition) is 4. The van der Waals surface area contributed by atoms with E-state index in [2.05, 4.69) is 17.4 Å². The fourth-order valence-corrected chi connectivity index (χ4v) is 3.37. The number of esters is 1. The van der Waals surface area contributed by atoms with E-state index < -0.39 is 5.97 Å². The maximum atomic E-state index is 13.0. The molecule has 1 amide bonds. The summed E-state index contributed by atoms with van der Waals surface area (Å²) in [7, 11) is 2.71. The predicted octanol–water partition coefficient (Wildman–Crippen LogP) is 5.17. The molecule has 0 aliphatic heterocycles. The van der Waals surface area contributed by atoms with Gasteiger partial charge in [0, 0.05) is 11.6 Å². The van der Waals surface area contributed by atoms with Crippen LogP contribution < -0.4 is 10.1 Å². The molecule has 6 heteroatoms. The van der Waals surface area contributed by atoms with Gasteiger partial charge >= 0.3 is 5.97 Å². The van der Waals surface area contributed by atoms with Crippen LogP contribution in [0.4, 0.5) is 5.69 Å². The van der Waals surface area contributed by atoms with Crippen molar-refractivity contribution in [2.24, 2.45) is 0 Å². The number of aryl methyl sites for hydroxylation is 2. The predicted molar refractivity (Wildman–Crippen MR) is 118 cm³/mol. The third-order valence-corrected chi connectivity index (χ3v) is 5.04. The molecular weight excluding hydrogens is 402 g/mol. The molecule has 0 fully saturated rings. The van der Waals surface area contributed by atoms with Gasteiger partial charge in [0.2, 0.25) is 0 Å². The molecule has 5 nitrogen and oxygen atoms in total. The van der Waals surface area contributed by atoms with Gasteiger partial charge in [-0.2, -0.15) is 0 Å². The van der Waals surface area contributed by atoms with Gasteiger partial charge in [0.25, 0.3) is 5.91 Å². The molecule has 0 atom stereocenters. The van der Waals surface area contributed by atoms with Crippen molar-refractivity contribution in [3.05, 3.63) is 94.0 Å². The van der Waals surface area contributed by atoms with Crippen molar-refractivity contribution in [3.63, 3.8) is 0 Å². The number of benzene rings is 3. The minimum absolute atomic E-state index is 0.186. The summed E-state index contributed by atoms with van der Waals surface area (Å²) in [4.78, 5) is 24.9. The molecule has 0 bridgehead atoms. The lowest BCUT2D eigenvalue weighted by Crippen LogP contribution is -2.15. The summed E-state index contributed by atoms with van der Waals surface area (Å²) in [5.74, 6) is -0.592. The highest BCUT2D eigenvalue weighted by atomic mass is 35.5. The Morgan fingerprint density at radius 1 is 0.900 bits per heavy atom. The molecule has 3 aromatic carbocycles. The van der Waals surface area contributed by atoms with Crippen LogP contribution in [0.3, 0.4) is 0 Å². The van der Waals surface area contributed by atoms with Crippen LogP contribution >= 0.6 is 11.6 Å². The van der Waals surface area contributed by atoms with Crippen LogP contribution in [-0.2, 0) is 17.6 Å². The fourth-order valence-electron chi connectivity index (χ4n) is 3.16. The average molecular weight is 424 g/mol. The fraction of sp³-hybridized carbons (Fsp3) is 0.167. The van der Waals surface area contributed by atoms with Crippen molar-refractivity contribution in [1.82, 2.24) is 0 Å². The molecule has 0 radical (unpaired) electrons. The molecule has 154 valence electrons. The molecule has 0 aliphatic rings. The van der Waals surface area contributed by atoms with Crippen molar-refractivity contribution in [2.45, 2.75) is 12.8 Å². The van der Waals surface area contributed by atoms with Crippen molar-refractivity contribution in [3.8, 4) is 5.75 Å². The largest absolute Gasteiger partial charge is 0.496 e. The Kier molecular flexibility index (Phi) is 7.09. The van der Waals surface area contributed by atoms with Gasteiger partial charge in [-0.25, -0.2) is 4.79 Å². The summed E-state index contributed by atoms with van der Waals surface area (Å²) in [5, 5.41) is 3.04. The first-order chi connectivity index (χ1) is 14.5. The molecule has 0 aromatic heterocycles. The number of carbonyl (C=O) groups excluding carboxylic acids is 2. The highest BCUT2D eigenvalue weighted by Gasteiger charge is 2.19. The van der Waals surface area contributed by atoms with E-state index in [1.165, 1.54) is 31.9 Å². The Labute approximate surface area is 180 Å². The van der Waals surface area contributed by atoms with Crippen molar-refractivity contribution >= 4 is 29.2 Å². The number of anilines is 1. The molecule has 0 spiro atoms. The highest BCUT2D eigenvalue weighted by molar-refractivity contribution is 6.34. The number of ether oxygens (including phenoxy) is 2. The van der Waals surface area contributed by atoms with Crippen molar-refractivity contribution < 1.29 is 19.1 Å². The van der Waals surface area contributed by atoms with Crippen LogP contribution in [0.25, 0.3) is 0 Å². The summed E-state index contributed by atoms with van der Waals surface area (Å²) in [6.07, 6.45) is 1.56. The number of rotatable bonds is 7. The molecule has 0 aliphatic carbocycles. The number of carbonyl (C=O) groups is 2. The van der Waals surface area contributed by atoms with Crippen LogP contribution in [0.1, 0.15) is 31.8 Å². The van der Waals surface area contributed by atoms with Gasteiger partial charge in [-0.3, -0.25) is 4.79 Å². The molecule has 0 saturated heterocycles. The first-order valence-corrected chi connectivity index (χ1v) is 9.80. The number of hydrogen-bond donors (Lipinski definition) is 1. The SMILES string of the molecule is COC(=O)c1cc(Cl)c(NC(=O)c2ccccc2CCc2ccccc2)cc1OC. The van der Waals surface area contributed by atoms with Gasteiger partial charge in [-0.05, 0) is 36.1 Å². The lowest BCUT2D eigenvalue weighted by molar-refractivity contribution is 0.0597. The zero-order valence-electron chi connectivity index (χ0n) is 16.8. The molecule has 3 aromatic rings. The summed E-state index contributed by atoms with van der Waals surface area (Å²) in [6, 6.07) is 20.5. The van der Waals surface area contributed by atoms with Crippen LogP contribution in [0.15, 0.2) is 66.7 Å². The van der Waals surface area contributed by atoms with Crippen molar-refractivity contribution in [2.75, 3.05) is 19.5 Å². The molecule has 1 N–H and O–H groups in total. The van der Waals surface area contributed by atoms with Crippen LogP contribution in [0.5, 0.6) is 5.75 Å². The van der Waals surface area contributed by atoms with Crippen molar-refractivity contribution in [1.29, 1.82) is 0 Å². The Morgan fingerprint density at radius 3 is 2.30 bits per heavy atom. The molecular formula is C24H22ClNO4. The Morgan fingerprint density at radius 2 is 1.60 bits per heavy atom. The van der Waals surface area contributed by atoms with Gasteiger partial charge in [0.1, 0.15) is 11.3 Å². The topological polar surface area (TPSA) is 64.6 Å². The number of amides is 1. The van der Waals surface area contributed by atoms with E-state index in [9.17, 15) is 9.59 Å². The van der Waals surface area contributed by atoms with E-state index in [0.29, 0.717) is 11.3 Å². The number of nitrogens with one attached hydrogen (secondary N) is 1. The summed E-state index contributed by atoms with van der Waals surface area (Å²) >= 11 is 6.29. The van der Waals surface area contributed by atoms with Crippen LogP contribution in [0, 0.1) is 0 Å². The van der Waals surface area contributed by atoms with Gasteiger partial charge in [-0.15, -0.1) is 0 Å². The first-order valence-electron chi connectivity index (χ1n) is 9.42. The summed E-state index contributed by atoms with van der Waals surface area (Å²) in [6.45, 7) is 0. The zero-order chi connectivity index (χ0) is 21.5. The Balaban J connectivity index is 1.82. The third-order valence-electron chi connectivity index (χ3n) is 4.73. The second-order valence-electron chi connectivity index (χ2n) is 6.62. The maximum Gasteiger partial charge on any atom is 0.341 e. The van der Waals surface area contributed by atoms with Crippen LogP contribution in [-0.4, -0.2) is 26.1 Å². The number of methoxy groups -OCH3 is 2. The average Bonchev–Trinajstić information content (AvgIpc) is 2.79. The lowest BCUT2D eigenvalue weighted by atomic mass is 9.99. The molecule has 0 unspecified atom stereocenters. The van der Waals surface area contributed by atoms with Gasteiger partial charge in [0.15, 0.2) is 0 Å². The summed E-state index contributed by atoms with van der Waals surface area (Å²) in [5.41, 5.74) is 3.25. The van der Waals surface area contributed by atoms with Gasteiger partial charge in [0.05, 0.1) is 24.9 Å². The molecule has 0 heterocycles. The van der Waals surface area contributed by atoms with Crippen LogP contribution in [0.2, 0.25) is 5.02 Å². The van der Waals surface area contributed by atoms with E-state index in [0.717, 1.165) is 18.4 Å². The second-order valence-corrected chi connectivity index (χ2v) is 7.03. The summed E-state index contributed by atoms with van der Waals surface area (Å²) < 4.78 is 9.99. The third kappa shape index (κ3) is 4.99. The second kappa shape index (κ2) is 9.94. The molecule has 3 rings (SSSR count). The minimum atomic E-state index is -0.571. The molecule has 0 saturated carbocycles. The first kappa shape index (κ1) is 21.4. The van der Waals surface area contributed by atoms with E-state index in [4.69, 9.17) is 21.1 Å². The smallest absolute Gasteiger partial charge is 0.341 e. The minimum Gasteiger partial charge on any atom is -0.496 e. The monoisotopic (exact) mass is 423 g/mol. The van der Waals surface area contributed by atoms with Gasteiger partial charge < -0.3 is 14.8 Å². The Bertz CT molecular complexity index is 1050. The maximum absolute atomic E-state index is 13.0. The normalized spacial score (nSPS) is 10.4. The van der Waals surface area contributed by atoms with Gasteiger partial charge in [-0.1, -0.05) is 60.1 Å². The highest BCUT2D eigenvalue weighted by Crippen LogP contribution is 2.32. The van der Waals surface area contributed by atoms with E-state index in [1.54, 1.807) is 6.07 Å². The standard InChI is InChI=1S/C24H22ClNO4/c1-29-22-15-21(20(25)14-19(22)24(28)30-2)26-23(27)18-11-7-6-10-17(18)13-12-16-8-4-3-5-9-16/h3-11,14-15H,12-13H2,1-2H3,(H,26,27). The number of halogens is 1. The van der Waals surface area contributed by atoms with E-state index >= 15 is 0 Å².